The van der Waals surface area contributed by atoms with Gasteiger partial charge in [0.15, 0.2) is 0 Å². The molecule has 1 aliphatic heterocycles. The molecule has 1 saturated heterocycles. The number of nitrogens with one attached hydrogen (secondary N) is 1. The van der Waals surface area contributed by atoms with Crippen LogP contribution in [0.2, 0.25) is 0 Å². The molecule has 0 spiro atoms. The number of aliphatic imine (C=N–C) groups is 1. The third kappa shape index (κ3) is 5.34. The molecule has 0 amide bonds. The molecule has 1 aliphatic carbocycles. The van der Waals surface area contributed by atoms with E-state index in [9.17, 15) is 0 Å². The number of allylic oxidation sites excluding steroid dienone is 5. The summed E-state index contributed by atoms with van der Waals surface area (Å²) in [4.78, 5) is 7.45. The minimum atomic E-state index is 0.602. The fourth-order valence-corrected chi connectivity index (χ4v) is 3.62. The van der Waals surface area contributed by atoms with Crippen LogP contribution in [-0.2, 0) is 0 Å². The molecular weight excluding hydrogens is 294 g/mol. The molecule has 1 N–H and O–H groups in total. The molecule has 1 unspecified atom stereocenters. The van der Waals surface area contributed by atoms with Gasteiger partial charge in [-0.2, -0.15) is 0 Å². The van der Waals surface area contributed by atoms with E-state index < -0.39 is 0 Å². The summed E-state index contributed by atoms with van der Waals surface area (Å²) in [5.74, 6) is 1.04. The second-order valence-electron chi connectivity index (χ2n) is 7.25. The van der Waals surface area contributed by atoms with Gasteiger partial charge in [-0.1, -0.05) is 35.8 Å². The summed E-state index contributed by atoms with van der Waals surface area (Å²) >= 11 is 0. The van der Waals surface area contributed by atoms with E-state index in [-0.39, 0.29) is 0 Å². The molecular formula is C21H35N3. The number of hydrogen-bond acceptors (Lipinski definition) is 2. The summed E-state index contributed by atoms with van der Waals surface area (Å²) in [6, 6.07) is 0.602. The molecule has 134 valence electrons. The molecule has 1 fully saturated rings. The van der Waals surface area contributed by atoms with Crippen LogP contribution in [0.25, 0.3) is 0 Å². The first-order valence-corrected chi connectivity index (χ1v) is 9.56. The van der Waals surface area contributed by atoms with Crippen LogP contribution < -0.4 is 5.32 Å². The minimum absolute atomic E-state index is 0.602. The first-order valence-electron chi connectivity index (χ1n) is 9.56. The Kier molecular flexibility index (Phi) is 7.29. The third-order valence-corrected chi connectivity index (χ3v) is 5.43. The van der Waals surface area contributed by atoms with Crippen molar-refractivity contribution in [2.24, 2.45) is 4.99 Å². The maximum Gasteiger partial charge on any atom is 0.0973 e. The molecule has 24 heavy (non-hydrogen) atoms. The van der Waals surface area contributed by atoms with Crippen LogP contribution in [0.1, 0.15) is 66.7 Å². The van der Waals surface area contributed by atoms with Gasteiger partial charge in [-0.15, -0.1) is 0 Å². The van der Waals surface area contributed by atoms with E-state index >= 15 is 0 Å². The Morgan fingerprint density at radius 1 is 1.38 bits per heavy atom. The van der Waals surface area contributed by atoms with Crippen molar-refractivity contribution in [2.45, 2.75) is 72.8 Å². The highest BCUT2D eigenvalue weighted by Crippen LogP contribution is 2.26. The fourth-order valence-electron chi connectivity index (χ4n) is 3.62. The highest BCUT2D eigenvalue weighted by atomic mass is 15.2. The van der Waals surface area contributed by atoms with E-state index in [1.165, 1.54) is 43.5 Å². The molecule has 0 saturated carbocycles. The zero-order valence-electron chi connectivity index (χ0n) is 16.3. The van der Waals surface area contributed by atoms with Crippen LogP contribution >= 0.6 is 0 Å². The lowest BCUT2D eigenvalue weighted by Gasteiger charge is -2.26. The molecule has 0 aromatic carbocycles. The van der Waals surface area contributed by atoms with Crippen molar-refractivity contribution < 1.29 is 0 Å². The molecule has 0 aromatic rings. The Balaban J connectivity index is 1.90. The van der Waals surface area contributed by atoms with Gasteiger partial charge in [0.05, 0.1) is 12.4 Å². The Hall–Kier alpha value is -1.35. The van der Waals surface area contributed by atoms with Crippen molar-refractivity contribution in [1.29, 1.82) is 0 Å². The van der Waals surface area contributed by atoms with Gasteiger partial charge in [0, 0.05) is 18.3 Å². The van der Waals surface area contributed by atoms with Crippen LogP contribution in [0.3, 0.4) is 0 Å². The van der Waals surface area contributed by atoms with Crippen molar-refractivity contribution in [3.8, 4) is 0 Å². The van der Waals surface area contributed by atoms with Gasteiger partial charge in [-0.05, 0) is 66.3 Å². The van der Waals surface area contributed by atoms with Gasteiger partial charge in [0.2, 0.25) is 0 Å². The lowest BCUT2D eigenvalue weighted by molar-refractivity contribution is 0.278. The molecule has 1 atom stereocenters. The average Bonchev–Trinajstić information content (AvgIpc) is 3.01. The largest absolute Gasteiger partial charge is 0.348 e. The number of rotatable bonds is 6. The van der Waals surface area contributed by atoms with E-state index in [2.05, 4.69) is 57.0 Å². The third-order valence-electron chi connectivity index (χ3n) is 5.43. The Labute approximate surface area is 148 Å². The maximum absolute atomic E-state index is 4.81. The number of amidine groups is 1. The minimum Gasteiger partial charge on any atom is -0.348 e. The smallest absolute Gasteiger partial charge is 0.0973 e. The predicted molar refractivity (Wildman–Crippen MR) is 105 cm³/mol. The van der Waals surface area contributed by atoms with Crippen molar-refractivity contribution >= 4 is 5.84 Å². The molecule has 0 aromatic heterocycles. The van der Waals surface area contributed by atoms with E-state index in [1.54, 1.807) is 11.1 Å². The summed E-state index contributed by atoms with van der Waals surface area (Å²) in [5.41, 5.74) is 5.89. The zero-order valence-corrected chi connectivity index (χ0v) is 16.3. The molecule has 0 bridgehead atoms. The maximum atomic E-state index is 4.81. The topological polar surface area (TPSA) is 27.6 Å². The van der Waals surface area contributed by atoms with E-state index in [0.717, 1.165) is 25.3 Å². The van der Waals surface area contributed by atoms with E-state index in [1.807, 2.05) is 0 Å². The monoisotopic (exact) mass is 329 g/mol. The van der Waals surface area contributed by atoms with Crippen LogP contribution in [0.5, 0.6) is 0 Å². The fraction of sp³-hybridized carbons (Fsp3) is 0.667. The summed E-state index contributed by atoms with van der Waals surface area (Å²) in [6.45, 7) is 14.1. The summed E-state index contributed by atoms with van der Waals surface area (Å²) in [6.07, 6.45) is 10.6. The van der Waals surface area contributed by atoms with E-state index in [0.29, 0.717) is 6.04 Å². The highest BCUT2D eigenvalue weighted by molar-refractivity contribution is 5.81. The SMILES string of the molecule is C/C=C(/CC)NC(C)=NCC1CCCN1CC1=CC(C)=C(C)CC1. The first kappa shape index (κ1) is 19.0. The molecule has 1 heterocycles. The van der Waals surface area contributed by atoms with Gasteiger partial charge < -0.3 is 5.32 Å². The van der Waals surface area contributed by atoms with Crippen molar-refractivity contribution in [2.75, 3.05) is 19.6 Å². The normalized spacial score (nSPS) is 23.7. The first-order chi connectivity index (χ1) is 11.5. The average molecular weight is 330 g/mol. The van der Waals surface area contributed by atoms with Crippen molar-refractivity contribution in [3.05, 3.63) is 34.6 Å². The summed E-state index contributed by atoms with van der Waals surface area (Å²) in [5, 5.41) is 3.42. The lowest BCUT2D eigenvalue weighted by atomic mass is 9.94. The van der Waals surface area contributed by atoms with Gasteiger partial charge in [0.25, 0.3) is 0 Å². The predicted octanol–water partition coefficient (Wildman–Crippen LogP) is 4.83. The number of nitrogens with zero attached hydrogens (tertiary/aromatic N) is 2. The number of likely N-dealkylation sites (tertiary alicyclic amines) is 1. The van der Waals surface area contributed by atoms with Gasteiger partial charge in [-0.3, -0.25) is 9.89 Å². The Bertz CT molecular complexity index is 551. The van der Waals surface area contributed by atoms with Crippen LogP contribution in [0, 0.1) is 0 Å². The van der Waals surface area contributed by atoms with Gasteiger partial charge >= 0.3 is 0 Å². The number of hydrogen-bond donors (Lipinski definition) is 1. The molecule has 3 nitrogen and oxygen atoms in total. The van der Waals surface area contributed by atoms with E-state index in [4.69, 9.17) is 4.99 Å². The molecule has 2 aliphatic rings. The molecule has 0 radical (unpaired) electrons. The van der Waals surface area contributed by atoms with Gasteiger partial charge in [0.1, 0.15) is 0 Å². The molecule has 2 rings (SSSR count). The van der Waals surface area contributed by atoms with Gasteiger partial charge in [-0.25, -0.2) is 0 Å². The Morgan fingerprint density at radius 3 is 2.83 bits per heavy atom. The standard InChI is InChI=1S/C21H35N3/c1-6-20(7-2)23-18(5)22-14-21-9-8-12-24(21)15-19-11-10-16(3)17(4)13-19/h6,13,21H,7-12,14-15H2,1-5H3,(H,22,23)/b20-6-. The highest BCUT2D eigenvalue weighted by Gasteiger charge is 2.25. The van der Waals surface area contributed by atoms with Crippen LogP contribution in [0.4, 0.5) is 0 Å². The molecule has 3 heteroatoms. The van der Waals surface area contributed by atoms with Crippen LogP contribution in [0.15, 0.2) is 39.6 Å². The quantitative estimate of drug-likeness (QED) is 0.558. The summed E-state index contributed by atoms with van der Waals surface area (Å²) in [7, 11) is 0. The second kappa shape index (κ2) is 9.22. The van der Waals surface area contributed by atoms with Crippen molar-refractivity contribution in [3.63, 3.8) is 0 Å². The zero-order chi connectivity index (χ0) is 17.5. The van der Waals surface area contributed by atoms with Crippen molar-refractivity contribution in [1.82, 2.24) is 10.2 Å². The Morgan fingerprint density at radius 2 is 2.17 bits per heavy atom. The van der Waals surface area contributed by atoms with Crippen LogP contribution in [-0.4, -0.2) is 36.4 Å². The lowest BCUT2D eigenvalue weighted by Crippen LogP contribution is -2.34. The summed E-state index contributed by atoms with van der Waals surface area (Å²) < 4.78 is 0. The second-order valence-corrected chi connectivity index (χ2v) is 7.25.